The summed E-state index contributed by atoms with van der Waals surface area (Å²) >= 11 is 0. The average Bonchev–Trinajstić information content (AvgIpc) is 3.01. The molecule has 1 unspecified atom stereocenters. The minimum Gasteiger partial charge on any atom is -0.493 e. The highest BCUT2D eigenvalue weighted by Crippen LogP contribution is 2.34. The topological polar surface area (TPSA) is 34.2 Å². The second-order valence-electron chi connectivity index (χ2n) is 5.51. The molecule has 1 aliphatic rings. The number of nitrogens with one attached hydrogen (secondary N) is 1. The molecule has 2 aromatic rings. The fourth-order valence-corrected chi connectivity index (χ4v) is 2.88. The Bertz CT molecular complexity index is 583. The zero-order valence-corrected chi connectivity index (χ0v) is 12.5. The molecule has 3 rings (SSSR count). The van der Waals surface area contributed by atoms with Crippen molar-refractivity contribution in [2.75, 3.05) is 13.2 Å². The number of hydrogen-bond acceptors (Lipinski definition) is 3. The van der Waals surface area contributed by atoms with Crippen LogP contribution in [-0.2, 0) is 12.8 Å². The van der Waals surface area contributed by atoms with Crippen molar-refractivity contribution < 1.29 is 4.74 Å². The number of hydrogen-bond donors (Lipinski definition) is 1. The van der Waals surface area contributed by atoms with Gasteiger partial charge in [-0.3, -0.25) is 4.98 Å². The summed E-state index contributed by atoms with van der Waals surface area (Å²) in [7, 11) is 0. The van der Waals surface area contributed by atoms with Crippen molar-refractivity contribution in [2.45, 2.75) is 32.2 Å². The first-order chi connectivity index (χ1) is 10.4. The van der Waals surface area contributed by atoms with Crippen molar-refractivity contribution in [2.24, 2.45) is 0 Å². The lowest BCUT2D eigenvalue weighted by atomic mass is 9.96. The molecule has 1 aromatic carbocycles. The number of benzene rings is 1. The molecule has 1 atom stereocenters. The van der Waals surface area contributed by atoms with Crippen LogP contribution in [-0.4, -0.2) is 18.1 Å². The van der Waals surface area contributed by atoms with Crippen molar-refractivity contribution >= 4 is 0 Å². The molecule has 21 heavy (non-hydrogen) atoms. The van der Waals surface area contributed by atoms with Gasteiger partial charge in [0, 0.05) is 30.4 Å². The van der Waals surface area contributed by atoms with E-state index in [2.05, 4.69) is 41.5 Å². The van der Waals surface area contributed by atoms with Crippen molar-refractivity contribution in [3.05, 3.63) is 59.4 Å². The summed E-state index contributed by atoms with van der Waals surface area (Å²) in [6, 6.07) is 10.9. The number of pyridine rings is 1. The van der Waals surface area contributed by atoms with Gasteiger partial charge in [-0.1, -0.05) is 31.2 Å². The molecule has 0 saturated heterocycles. The van der Waals surface area contributed by atoms with Crippen LogP contribution in [0.2, 0.25) is 0 Å². The fraction of sp³-hybridized carbons (Fsp3) is 0.389. The van der Waals surface area contributed by atoms with Crippen LogP contribution in [0.3, 0.4) is 0 Å². The van der Waals surface area contributed by atoms with Crippen LogP contribution in [0.25, 0.3) is 0 Å². The summed E-state index contributed by atoms with van der Waals surface area (Å²) in [6.07, 6.45) is 6.86. The lowest BCUT2D eigenvalue weighted by Gasteiger charge is -2.21. The highest BCUT2D eigenvalue weighted by molar-refractivity contribution is 5.46. The van der Waals surface area contributed by atoms with Gasteiger partial charge in [0.1, 0.15) is 5.75 Å². The summed E-state index contributed by atoms with van der Waals surface area (Å²) in [6.45, 7) is 4.01. The van der Waals surface area contributed by atoms with Gasteiger partial charge in [0.05, 0.1) is 6.61 Å². The number of nitrogens with zero attached hydrogens (tertiary/aromatic N) is 1. The molecule has 0 saturated carbocycles. The lowest BCUT2D eigenvalue weighted by molar-refractivity contribution is 0.348. The molecule has 0 amide bonds. The lowest BCUT2D eigenvalue weighted by Crippen LogP contribution is -2.24. The first-order valence-electron chi connectivity index (χ1n) is 7.75. The highest BCUT2D eigenvalue weighted by atomic mass is 16.5. The van der Waals surface area contributed by atoms with E-state index in [1.165, 1.54) is 16.7 Å². The van der Waals surface area contributed by atoms with Crippen LogP contribution in [0.1, 0.15) is 36.1 Å². The maximum atomic E-state index is 5.87. The third kappa shape index (κ3) is 3.24. The third-order valence-electron chi connectivity index (χ3n) is 3.92. The maximum Gasteiger partial charge on any atom is 0.127 e. The Balaban J connectivity index is 1.87. The number of aromatic nitrogens is 1. The van der Waals surface area contributed by atoms with Gasteiger partial charge in [-0.2, -0.15) is 0 Å². The maximum absolute atomic E-state index is 5.87. The summed E-state index contributed by atoms with van der Waals surface area (Å²) in [5, 5.41) is 3.66. The molecule has 3 heteroatoms. The zero-order valence-electron chi connectivity index (χ0n) is 12.5. The molecular formula is C18H22N2O. The van der Waals surface area contributed by atoms with Gasteiger partial charge >= 0.3 is 0 Å². The Hall–Kier alpha value is -1.87. The monoisotopic (exact) mass is 282 g/mol. The number of fused-ring (bicyclic) bond motifs is 1. The van der Waals surface area contributed by atoms with Crippen LogP contribution in [0.5, 0.6) is 5.75 Å². The minimum atomic E-state index is 0.280. The molecule has 0 fully saturated rings. The number of rotatable bonds is 6. The van der Waals surface area contributed by atoms with Gasteiger partial charge in [-0.15, -0.1) is 0 Å². The summed E-state index contributed by atoms with van der Waals surface area (Å²) < 4.78 is 5.87. The Kier molecular flexibility index (Phi) is 4.51. The zero-order chi connectivity index (χ0) is 14.5. The van der Waals surface area contributed by atoms with Crippen LogP contribution in [0, 0.1) is 0 Å². The Labute approximate surface area is 126 Å². The van der Waals surface area contributed by atoms with Gasteiger partial charge in [-0.05, 0) is 36.6 Å². The predicted octanol–water partition coefficient (Wildman–Crippen LogP) is 3.30. The minimum absolute atomic E-state index is 0.280. The van der Waals surface area contributed by atoms with E-state index in [1.54, 1.807) is 0 Å². The van der Waals surface area contributed by atoms with Gasteiger partial charge in [0.15, 0.2) is 0 Å². The molecule has 0 spiro atoms. The van der Waals surface area contributed by atoms with Crippen molar-refractivity contribution in [1.82, 2.24) is 10.3 Å². The van der Waals surface area contributed by atoms with E-state index in [-0.39, 0.29) is 6.04 Å². The van der Waals surface area contributed by atoms with Crippen molar-refractivity contribution in [3.63, 3.8) is 0 Å². The smallest absolute Gasteiger partial charge is 0.127 e. The predicted molar refractivity (Wildman–Crippen MR) is 84.6 cm³/mol. The van der Waals surface area contributed by atoms with Crippen molar-refractivity contribution in [1.29, 1.82) is 0 Å². The molecule has 1 N–H and O–H groups in total. The Morgan fingerprint density at radius 1 is 1.29 bits per heavy atom. The first kappa shape index (κ1) is 14.1. The Morgan fingerprint density at radius 3 is 3.05 bits per heavy atom. The second-order valence-corrected chi connectivity index (χ2v) is 5.51. The molecular weight excluding hydrogens is 260 g/mol. The summed E-state index contributed by atoms with van der Waals surface area (Å²) in [4.78, 5) is 4.23. The quantitative estimate of drug-likeness (QED) is 0.882. The van der Waals surface area contributed by atoms with Gasteiger partial charge in [0.25, 0.3) is 0 Å². The van der Waals surface area contributed by atoms with Crippen LogP contribution in [0.15, 0.2) is 42.7 Å². The molecule has 0 aliphatic carbocycles. The molecule has 1 aromatic heterocycles. The normalized spacial score (nSPS) is 14.5. The van der Waals surface area contributed by atoms with Crippen molar-refractivity contribution in [3.8, 4) is 5.75 Å². The Morgan fingerprint density at radius 2 is 2.24 bits per heavy atom. The van der Waals surface area contributed by atoms with E-state index in [0.29, 0.717) is 0 Å². The van der Waals surface area contributed by atoms with Crippen LogP contribution >= 0.6 is 0 Å². The van der Waals surface area contributed by atoms with E-state index in [1.807, 2.05) is 18.5 Å². The van der Waals surface area contributed by atoms with E-state index in [9.17, 15) is 0 Å². The van der Waals surface area contributed by atoms with E-state index >= 15 is 0 Å². The average molecular weight is 282 g/mol. The van der Waals surface area contributed by atoms with Gasteiger partial charge < -0.3 is 10.1 Å². The summed E-state index contributed by atoms with van der Waals surface area (Å²) in [5.74, 6) is 1.09. The molecule has 0 radical (unpaired) electrons. The van der Waals surface area contributed by atoms with E-state index in [0.717, 1.165) is 38.2 Å². The van der Waals surface area contributed by atoms with Gasteiger partial charge in [-0.25, -0.2) is 0 Å². The fourth-order valence-electron chi connectivity index (χ4n) is 2.88. The molecule has 1 aliphatic heterocycles. The first-order valence-corrected chi connectivity index (χ1v) is 7.75. The van der Waals surface area contributed by atoms with E-state index < -0.39 is 0 Å². The number of ether oxygens (including phenoxy) is 1. The van der Waals surface area contributed by atoms with Crippen LogP contribution < -0.4 is 10.1 Å². The molecule has 110 valence electrons. The number of para-hydroxylation sites is 1. The molecule has 3 nitrogen and oxygen atoms in total. The molecule has 0 bridgehead atoms. The van der Waals surface area contributed by atoms with Crippen LogP contribution in [0.4, 0.5) is 0 Å². The van der Waals surface area contributed by atoms with E-state index in [4.69, 9.17) is 4.74 Å². The summed E-state index contributed by atoms with van der Waals surface area (Å²) in [5.41, 5.74) is 3.87. The molecule has 2 heterocycles. The largest absolute Gasteiger partial charge is 0.493 e. The standard InChI is InChI=1S/C18H22N2O/c1-2-9-20-17(12-14-5-4-10-19-13-14)16-7-3-6-15-8-11-21-18(15)16/h3-7,10,13,17,20H,2,8-9,11-12H2,1H3. The SMILES string of the molecule is CCCNC(Cc1cccnc1)c1cccc2c1OCC2. The highest BCUT2D eigenvalue weighted by Gasteiger charge is 2.22. The second kappa shape index (κ2) is 6.72. The third-order valence-corrected chi connectivity index (χ3v) is 3.92. The van der Waals surface area contributed by atoms with Gasteiger partial charge in [0.2, 0.25) is 0 Å².